The normalized spacial score (nSPS) is 16.0. The highest BCUT2D eigenvalue weighted by atomic mass is 16.6. The molecule has 0 aliphatic carbocycles. The van der Waals surface area contributed by atoms with Gasteiger partial charge in [0.1, 0.15) is 0 Å². The molecule has 3 aromatic rings. The van der Waals surface area contributed by atoms with Crippen LogP contribution in [0.25, 0.3) is 0 Å². The first-order valence-electron chi connectivity index (χ1n) is 11.6. The molecule has 2 aliphatic rings. The highest BCUT2D eigenvalue weighted by Crippen LogP contribution is 2.36. The number of anilines is 1. The molecule has 1 saturated heterocycles. The molecule has 1 aromatic heterocycles. The van der Waals surface area contributed by atoms with Crippen molar-refractivity contribution in [3.8, 4) is 17.4 Å². The van der Waals surface area contributed by atoms with Crippen molar-refractivity contribution in [3.05, 3.63) is 75.5 Å². The standard InChI is InChI=1S/C25H27N5O5/c1-33-22-8-4-5-9-23(22)35-24-19-17-28(16-18-6-2-3-7-21(18)30(31)32)11-10-20(19)26-25(27-24)29-12-14-34-15-13-29/h2-9H,10-17H2,1H3. The summed E-state index contributed by atoms with van der Waals surface area (Å²) >= 11 is 0. The molecular weight excluding hydrogens is 450 g/mol. The average molecular weight is 478 g/mol. The van der Waals surface area contributed by atoms with Gasteiger partial charge in [0, 0.05) is 50.8 Å². The third kappa shape index (κ3) is 5.03. The first-order valence-corrected chi connectivity index (χ1v) is 11.6. The zero-order valence-corrected chi connectivity index (χ0v) is 19.6. The smallest absolute Gasteiger partial charge is 0.273 e. The molecule has 2 aliphatic heterocycles. The van der Waals surface area contributed by atoms with Gasteiger partial charge in [-0.1, -0.05) is 30.3 Å². The minimum atomic E-state index is -0.332. The first-order chi connectivity index (χ1) is 17.1. The van der Waals surface area contributed by atoms with Gasteiger partial charge in [0.25, 0.3) is 5.69 Å². The average Bonchev–Trinajstić information content (AvgIpc) is 2.90. The fourth-order valence-electron chi connectivity index (χ4n) is 4.42. The number of para-hydroxylation sites is 3. The summed E-state index contributed by atoms with van der Waals surface area (Å²) in [6.45, 7) is 4.41. The Hall–Kier alpha value is -3.76. The summed E-state index contributed by atoms with van der Waals surface area (Å²) in [6, 6.07) is 14.3. The zero-order chi connectivity index (χ0) is 24.2. The summed E-state index contributed by atoms with van der Waals surface area (Å²) in [5.41, 5.74) is 2.63. The van der Waals surface area contributed by atoms with Gasteiger partial charge in [-0.05, 0) is 12.1 Å². The minimum absolute atomic E-state index is 0.128. The van der Waals surface area contributed by atoms with E-state index in [-0.39, 0.29) is 10.6 Å². The quantitative estimate of drug-likeness (QED) is 0.373. The molecule has 10 nitrogen and oxygen atoms in total. The van der Waals surface area contributed by atoms with E-state index < -0.39 is 0 Å². The topological polar surface area (TPSA) is 103 Å². The van der Waals surface area contributed by atoms with Crippen molar-refractivity contribution in [2.75, 3.05) is 44.9 Å². The maximum absolute atomic E-state index is 11.5. The van der Waals surface area contributed by atoms with Crippen molar-refractivity contribution in [2.45, 2.75) is 19.5 Å². The van der Waals surface area contributed by atoms with Crippen LogP contribution < -0.4 is 14.4 Å². The van der Waals surface area contributed by atoms with E-state index in [0.717, 1.165) is 30.9 Å². The van der Waals surface area contributed by atoms with E-state index in [1.807, 2.05) is 30.3 Å². The van der Waals surface area contributed by atoms with E-state index >= 15 is 0 Å². The van der Waals surface area contributed by atoms with Crippen LogP contribution in [0, 0.1) is 10.1 Å². The molecule has 10 heteroatoms. The van der Waals surface area contributed by atoms with Gasteiger partial charge in [0.05, 0.1) is 36.5 Å². The zero-order valence-electron chi connectivity index (χ0n) is 19.6. The fourth-order valence-corrected chi connectivity index (χ4v) is 4.42. The highest BCUT2D eigenvalue weighted by molar-refractivity contribution is 5.47. The van der Waals surface area contributed by atoms with Gasteiger partial charge in [-0.3, -0.25) is 15.0 Å². The molecule has 0 saturated carbocycles. The van der Waals surface area contributed by atoms with E-state index in [4.69, 9.17) is 24.2 Å². The lowest BCUT2D eigenvalue weighted by atomic mass is 10.0. The van der Waals surface area contributed by atoms with Gasteiger partial charge in [-0.25, -0.2) is 4.98 Å². The SMILES string of the molecule is COc1ccccc1Oc1nc(N2CCOCC2)nc2c1CN(Cc1ccccc1[N+](=O)[O-])CC2. The summed E-state index contributed by atoms with van der Waals surface area (Å²) in [6.07, 6.45) is 0.693. The van der Waals surface area contributed by atoms with Gasteiger partial charge in [-0.2, -0.15) is 4.98 Å². The Morgan fingerprint density at radius 2 is 1.77 bits per heavy atom. The lowest BCUT2D eigenvalue weighted by molar-refractivity contribution is -0.385. The molecule has 182 valence electrons. The van der Waals surface area contributed by atoms with Crippen molar-refractivity contribution in [1.82, 2.24) is 14.9 Å². The van der Waals surface area contributed by atoms with Crippen molar-refractivity contribution in [2.24, 2.45) is 0 Å². The number of nitro groups is 1. The van der Waals surface area contributed by atoms with Crippen LogP contribution in [0.1, 0.15) is 16.8 Å². The molecule has 35 heavy (non-hydrogen) atoms. The highest BCUT2D eigenvalue weighted by Gasteiger charge is 2.27. The summed E-state index contributed by atoms with van der Waals surface area (Å²) < 4.78 is 17.3. The molecule has 1 fully saturated rings. The number of aromatic nitrogens is 2. The van der Waals surface area contributed by atoms with E-state index in [1.54, 1.807) is 25.3 Å². The Balaban J connectivity index is 1.48. The predicted molar refractivity (Wildman–Crippen MR) is 129 cm³/mol. The number of benzene rings is 2. The van der Waals surface area contributed by atoms with Crippen LogP contribution in [0.4, 0.5) is 11.6 Å². The molecule has 2 aromatic carbocycles. The lowest BCUT2D eigenvalue weighted by Gasteiger charge is -2.31. The van der Waals surface area contributed by atoms with Gasteiger partial charge < -0.3 is 19.1 Å². The number of hydrogen-bond acceptors (Lipinski definition) is 9. The second kappa shape index (κ2) is 10.2. The monoisotopic (exact) mass is 477 g/mol. The summed E-state index contributed by atoms with van der Waals surface area (Å²) in [4.78, 5) is 25.1. The molecule has 0 atom stereocenters. The van der Waals surface area contributed by atoms with Crippen LogP contribution in [0.5, 0.6) is 17.4 Å². The van der Waals surface area contributed by atoms with Crippen LogP contribution in [0.15, 0.2) is 48.5 Å². The number of rotatable bonds is 7. The van der Waals surface area contributed by atoms with E-state index in [2.05, 4.69) is 9.80 Å². The number of ether oxygens (including phenoxy) is 3. The van der Waals surface area contributed by atoms with Crippen LogP contribution in [0.3, 0.4) is 0 Å². The van der Waals surface area contributed by atoms with Crippen LogP contribution in [-0.2, 0) is 24.2 Å². The van der Waals surface area contributed by atoms with Crippen molar-refractivity contribution >= 4 is 11.6 Å². The van der Waals surface area contributed by atoms with E-state index in [9.17, 15) is 10.1 Å². The number of morpholine rings is 1. The largest absolute Gasteiger partial charge is 0.493 e. The Bertz CT molecular complexity index is 1210. The van der Waals surface area contributed by atoms with Crippen molar-refractivity contribution in [1.29, 1.82) is 0 Å². The summed E-state index contributed by atoms with van der Waals surface area (Å²) in [5, 5.41) is 11.5. The molecule has 0 bridgehead atoms. The molecule has 0 spiro atoms. The molecule has 0 amide bonds. The maximum atomic E-state index is 11.5. The Labute approximate surface area is 203 Å². The molecule has 3 heterocycles. The van der Waals surface area contributed by atoms with Crippen LogP contribution in [-0.4, -0.2) is 59.7 Å². The second-order valence-corrected chi connectivity index (χ2v) is 8.45. The van der Waals surface area contributed by atoms with Gasteiger partial charge in [0.2, 0.25) is 11.8 Å². The Morgan fingerprint density at radius 1 is 1.03 bits per heavy atom. The fraction of sp³-hybridized carbons (Fsp3) is 0.360. The van der Waals surface area contributed by atoms with Gasteiger partial charge in [-0.15, -0.1) is 0 Å². The number of hydrogen-bond donors (Lipinski definition) is 0. The van der Waals surface area contributed by atoms with Crippen LogP contribution in [0.2, 0.25) is 0 Å². The molecule has 0 N–H and O–H groups in total. The number of methoxy groups -OCH3 is 1. The molecule has 0 unspecified atom stereocenters. The number of fused-ring (bicyclic) bond motifs is 1. The van der Waals surface area contributed by atoms with Crippen molar-refractivity contribution in [3.63, 3.8) is 0 Å². The Morgan fingerprint density at radius 3 is 2.54 bits per heavy atom. The predicted octanol–water partition coefficient (Wildman–Crippen LogP) is 3.58. The van der Waals surface area contributed by atoms with Gasteiger partial charge in [0.15, 0.2) is 11.5 Å². The maximum Gasteiger partial charge on any atom is 0.273 e. The third-order valence-corrected chi connectivity index (χ3v) is 6.24. The third-order valence-electron chi connectivity index (χ3n) is 6.24. The van der Waals surface area contributed by atoms with Crippen LogP contribution >= 0.6 is 0 Å². The lowest BCUT2D eigenvalue weighted by Crippen LogP contribution is -2.38. The minimum Gasteiger partial charge on any atom is -0.493 e. The van der Waals surface area contributed by atoms with Gasteiger partial charge >= 0.3 is 0 Å². The van der Waals surface area contributed by atoms with Crippen molar-refractivity contribution < 1.29 is 19.1 Å². The summed E-state index contributed by atoms with van der Waals surface area (Å²) in [7, 11) is 1.60. The van der Waals surface area contributed by atoms with E-state index in [0.29, 0.717) is 61.6 Å². The Kier molecular flexibility index (Phi) is 6.73. The first kappa shape index (κ1) is 23.0. The number of nitrogens with zero attached hydrogens (tertiary/aromatic N) is 5. The molecular formula is C25H27N5O5. The molecule has 5 rings (SSSR count). The second-order valence-electron chi connectivity index (χ2n) is 8.45. The van der Waals surface area contributed by atoms with E-state index in [1.165, 1.54) is 0 Å². The summed E-state index contributed by atoms with van der Waals surface area (Å²) in [5.74, 6) is 2.29. The number of nitro benzene ring substituents is 1. The molecule has 0 radical (unpaired) electrons.